The Bertz CT molecular complexity index is 1020. The third kappa shape index (κ3) is 4.31. The number of fused-ring (bicyclic) bond motifs is 1. The Balaban J connectivity index is 1.83. The van der Waals surface area contributed by atoms with Crippen molar-refractivity contribution in [2.45, 2.75) is 26.4 Å². The number of carbonyl (C=O) groups is 1. The number of ether oxygens (including phenoxy) is 2. The third-order valence-corrected chi connectivity index (χ3v) is 4.47. The van der Waals surface area contributed by atoms with E-state index in [2.05, 4.69) is 4.74 Å². The zero-order chi connectivity index (χ0) is 19.4. The maximum Gasteiger partial charge on any atom is 0.337 e. The van der Waals surface area contributed by atoms with Gasteiger partial charge in [-0.3, -0.25) is 0 Å². The van der Waals surface area contributed by atoms with Gasteiger partial charge in [0.05, 0.1) is 17.7 Å². The van der Waals surface area contributed by atoms with Crippen molar-refractivity contribution >= 4 is 28.5 Å². The van der Waals surface area contributed by atoms with Crippen LogP contribution in [0, 0.1) is 0 Å². The molecule has 6 heteroatoms. The summed E-state index contributed by atoms with van der Waals surface area (Å²) in [6.07, 6.45) is 1.68. The van der Waals surface area contributed by atoms with Gasteiger partial charge in [-0.05, 0) is 35.7 Å². The van der Waals surface area contributed by atoms with E-state index < -0.39 is 11.6 Å². The normalized spacial score (nSPS) is 10.8. The molecule has 0 aliphatic heterocycles. The Kier molecular flexibility index (Phi) is 5.81. The zero-order valence-corrected chi connectivity index (χ0v) is 15.8. The molecule has 0 N–H and O–H groups in total. The molecule has 140 valence electrons. The minimum atomic E-state index is -0.391. The maximum absolute atomic E-state index is 11.8. The molecule has 5 nitrogen and oxygen atoms in total. The van der Waals surface area contributed by atoms with Crippen LogP contribution in [0.2, 0.25) is 5.02 Å². The lowest BCUT2D eigenvalue weighted by atomic mass is 10.1. The van der Waals surface area contributed by atoms with Gasteiger partial charge in [0.15, 0.2) is 0 Å². The summed E-state index contributed by atoms with van der Waals surface area (Å²) in [7, 11) is 1.34. The van der Waals surface area contributed by atoms with E-state index in [1.165, 1.54) is 13.2 Å². The first-order valence-corrected chi connectivity index (χ1v) is 8.96. The Labute approximate surface area is 161 Å². The van der Waals surface area contributed by atoms with Gasteiger partial charge in [0.1, 0.15) is 17.9 Å². The summed E-state index contributed by atoms with van der Waals surface area (Å²) in [5.74, 6) is 0.0379. The van der Waals surface area contributed by atoms with Gasteiger partial charge in [-0.2, -0.15) is 0 Å². The number of halogens is 1. The number of hydrogen-bond acceptors (Lipinski definition) is 5. The quantitative estimate of drug-likeness (QED) is 0.451. The second kappa shape index (κ2) is 8.27. The molecular formula is C21H19ClO5. The van der Waals surface area contributed by atoms with E-state index in [1.807, 2.05) is 6.92 Å². The number of methoxy groups -OCH3 is 1. The summed E-state index contributed by atoms with van der Waals surface area (Å²) in [4.78, 5) is 23.3. The van der Waals surface area contributed by atoms with Crippen molar-refractivity contribution in [3.63, 3.8) is 0 Å². The molecule has 0 unspecified atom stereocenters. The Morgan fingerprint density at radius 3 is 2.56 bits per heavy atom. The molecule has 3 aromatic rings. The van der Waals surface area contributed by atoms with Gasteiger partial charge < -0.3 is 13.9 Å². The molecule has 0 aliphatic carbocycles. The number of carbonyl (C=O) groups excluding carboxylic acids is 1. The lowest BCUT2D eigenvalue weighted by Gasteiger charge is -2.11. The summed E-state index contributed by atoms with van der Waals surface area (Å²) in [6, 6.07) is 11.8. The Morgan fingerprint density at radius 1 is 1.15 bits per heavy atom. The molecule has 0 saturated heterocycles. The van der Waals surface area contributed by atoms with Gasteiger partial charge in [-0.25, -0.2) is 9.59 Å². The molecule has 0 spiro atoms. The van der Waals surface area contributed by atoms with Crippen molar-refractivity contribution in [3.8, 4) is 5.75 Å². The van der Waals surface area contributed by atoms with E-state index in [1.54, 1.807) is 36.4 Å². The van der Waals surface area contributed by atoms with Crippen LogP contribution >= 0.6 is 11.6 Å². The minimum Gasteiger partial charge on any atom is -0.487 e. The van der Waals surface area contributed by atoms with Crippen LogP contribution in [0.1, 0.15) is 34.8 Å². The predicted octanol–water partition coefficient (Wildman–Crippen LogP) is 4.76. The molecule has 27 heavy (non-hydrogen) atoms. The lowest BCUT2D eigenvalue weighted by molar-refractivity contribution is 0.0600. The van der Waals surface area contributed by atoms with Crippen LogP contribution in [0.25, 0.3) is 11.0 Å². The van der Waals surface area contributed by atoms with Crippen LogP contribution in [-0.2, 0) is 17.8 Å². The van der Waals surface area contributed by atoms with Crippen molar-refractivity contribution in [1.29, 1.82) is 0 Å². The van der Waals surface area contributed by atoms with Gasteiger partial charge in [-0.1, -0.05) is 37.1 Å². The van der Waals surface area contributed by atoms with Crippen LogP contribution in [-0.4, -0.2) is 13.1 Å². The molecular weight excluding hydrogens is 368 g/mol. The summed E-state index contributed by atoms with van der Waals surface area (Å²) in [5, 5.41) is 1.26. The van der Waals surface area contributed by atoms with Crippen molar-refractivity contribution in [1.82, 2.24) is 0 Å². The van der Waals surface area contributed by atoms with Gasteiger partial charge in [-0.15, -0.1) is 0 Å². The number of aryl methyl sites for hydroxylation is 1. The van der Waals surface area contributed by atoms with Crippen molar-refractivity contribution in [3.05, 3.63) is 74.6 Å². The molecule has 3 rings (SSSR count). The summed E-state index contributed by atoms with van der Waals surface area (Å²) < 4.78 is 15.8. The van der Waals surface area contributed by atoms with Crippen LogP contribution < -0.4 is 10.4 Å². The van der Waals surface area contributed by atoms with Crippen molar-refractivity contribution < 1.29 is 18.7 Å². The second-order valence-corrected chi connectivity index (χ2v) is 6.50. The smallest absolute Gasteiger partial charge is 0.337 e. The monoisotopic (exact) mass is 386 g/mol. The van der Waals surface area contributed by atoms with Gasteiger partial charge in [0.2, 0.25) is 0 Å². The largest absolute Gasteiger partial charge is 0.487 e. The molecule has 2 aromatic carbocycles. The minimum absolute atomic E-state index is 0.256. The summed E-state index contributed by atoms with van der Waals surface area (Å²) in [6.45, 7) is 2.30. The molecule has 0 aliphatic rings. The fraction of sp³-hybridized carbons (Fsp3) is 0.238. The molecule has 0 radical (unpaired) electrons. The Morgan fingerprint density at radius 2 is 1.89 bits per heavy atom. The van der Waals surface area contributed by atoms with E-state index >= 15 is 0 Å². The highest BCUT2D eigenvalue weighted by Crippen LogP contribution is 2.32. The van der Waals surface area contributed by atoms with Crippen LogP contribution in [0.15, 0.2) is 51.7 Å². The first-order chi connectivity index (χ1) is 13.0. The van der Waals surface area contributed by atoms with E-state index in [9.17, 15) is 9.59 Å². The lowest BCUT2D eigenvalue weighted by Crippen LogP contribution is -2.03. The van der Waals surface area contributed by atoms with Gasteiger partial charge in [0.25, 0.3) is 0 Å². The zero-order valence-electron chi connectivity index (χ0n) is 15.1. The highest BCUT2D eigenvalue weighted by molar-refractivity contribution is 6.32. The fourth-order valence-electron chi connectivity index (χ4n) is 2.83. The SMILES string of the molecule is CCCc1cc(=O)oc2cc(OCc3ccc(C(=O)OC)cc3)c(Cl)cc12. The first-order valence-electron chi connectivity index (χ1n) is 8.58. The molecule has 0 amide bonds. The van der Waals surface area contributed by atoms with Gasteiger partial charge in [0, 0.05) is 17.5 Å². The van der Waals surface area contributed by atoms with E-state index in [0.29, 0.717) is 21.9 Å². The average Bonchev–Trinajstić information content (AvgIpc) is 2.67. The molecule has 0 saturated carbocycles. The highest BCUT2D eigenvalue weighted by Gasteiger charge is 2.11. The third-order valence-electron chi connectivity index (χ3n) is 4.17. The summed E-state index contributed by atoms with van der Waals surface area (Å²) >= 11 is 6.36. The standard InChI is InChI=1S/C21H19ClO5/c1-3-4-15-9-20(23)27-18-11-19(17(22)10-16(15)18)26-12-13-5-7-14(8-6-13)21(24)25-2/h5-11H,3-4,12H2,1-2H3. The fourth-order valence-corrected chi connectivity index (χ4v) is 3.05. The van der Waals surface area contributed by atoms with Crippen molar-refractivity contribution in [2.24, 2.45) is 0 Å². The first kappa shape index (κ1) is 19.0. The molecule has 1 heterocycles. The maximum atomic E-state index is 11.8. The topological polar surface area (TPSA) is 65.7 Å². The number of rotatable bonds is 6. The second-order valence-electron chi connectivity index (χ2n) is 6.10. The number of benzene rings is 2. The number of hydrogen-bond donors (Lipinski definition) is 0. The highest BCUT2D eigenvalue weighted by atomic mass is 35.5. The van der Waals surface area contributed by atoms with Crippen LogP contribution in [0.3, 0.4) is 0 Å². The van der Waals surface area contributed by atoms with Gasteiger partial charge >= 0.3 is 11.6 Å². The average molecular weight is 387 g/mol. The van der Waals surface area contributed by atoms with E-state index in [4.69, 9.17) is 20.8 Å². The molecule has 0 atom stereocenters. The van der Waals surface area contributed by atoms with E-state index in [0.717, 1.165) is 29.4 Å². The number of esters is 1. The Hall–Kier alpha value is -2.79. The molecule has 0 fully saturated rings. The van der Waals surface area contributed by atoms with Crippen LogP contribution in [0.4, 0.5) is 0 Å². The predicted molar refractivity (Wildman–Crippen MR) is 104 cm³/mol. The molecule has 1 aromatic heterocycles. The van der Waals surface area contributed by atoms with Crippen molar-refractivity contribution in [2.75, 3.05) is 7.11 Å². The summed E-state index contributed by atoms with van der Waals surface area (Å²) in [5.41, 5.74) is 2.30. The van der Waals surface area contributed by atoms with Crippen LogP contribution in [0.5, 0.6) is 5.75 Å². The van der Waals surface area contributed by atoms with E-state index in [-0.39, 0.29) is 6.61 Å². The molecule has 0 bridgehead atoms.